The van der Waals surface area contributed by atoms with Crippen molar-refractivity contribution in [1.82, 2.24) is 10.2 Å². The summed E-state index contributed by atoms with van der Waals surface area (Å²) in [7, 11) is 4.11. The molecule has 1 rings (SSSR count). The van der Waals surface area contributed by atoms with Crippen molar-refractivity contribution >= 4 is 0 Å². The molecule has 1 aromatic heterocycles. The zero-order valence-corrected chi connectivity index (χ0v) is 9.29. The van der Waals surface area contributed by atoms with Gasteiger partial charge in [-0.15, -0.1) is 0 Å². The van der Waals surface area contributed by atoms with E-state index < -0.39 is 0 Å². The van der Waals surface area contributed by atoms with Crippen LogP contribution in [0.25, 0.3) is 0 Å². The molecule has 0 spiro atoms. The second-order valence-corrected chi connectivity index (χ2v) is 3.52. The van der Waals surface area contributed by atoms with E-state index in [1.54, 1.807) is 6.26 Å². The molecule has 1 heterocycles. The van der Waals surface area contributed by atoms with Gasteiger partial charge in [-0.05, 0) is 32.6 Å². The zero-order chi connectivity index (χ0) is 10.4. The minimum absolute atomic E-state index is 0.401. The van der Waals surface area contributed by atoms with Crippen molar-refractivity contribution < 1.29 is 4.42 Å². The first-order chi connectivity index (χ1) is 6.79. The maximum atomic E-state index is 5.43. The summed E-state index contributed by atoms with van der Waals surface area (Å²) in [5.41, 5.74) is 0. The Balaban J connectivity index is 2.53. The quantitative estimate of drug-likeness (QED) is 0.753. The van der Waals surface area contributed by atoms with Gasteiger partial charge in [0, 0.05) is 13.1 Å². The van der Waals surface area contributed by atoms with Crippen LogP contribution in [0.1, 0.15) is 25.1 Å². The average Bonchev–Trinajstić information content (AvgIpc) is 2.69. The SMILES string of the molecule is CCC(c1ccco1)N(C)CCNC. The van der Waals surface area contributed by atoms with Crippen LogP contribution in [0.3, 0.4) is 0 Å². The monoisotopic (exact) mass is 196 g/mol. The van der Waals surface area contributed by atoms with Crippen molar-refractivity contribution in [3.63, 3.8) is 0 Å². The Labute approximate surface area is 86.1 Å². The molecule has 0 saturated carbocycles. The normalized spacial score (nSPS) is 13.4. The summed E-state index contributed by atoms with van der Waals surface area (Å²) in [5.74, 6) is 1.06. The van der Waals surface area contributed by atoms with E-state index in [2.05, 4.69) is 24.2 Å². The highest BCUT2D eigenvalue weighted by Gasteiger charge is 2.16. The Bertz CT molecular complexity index is 233. The number of nitrogens with one attached hydrogen (secondary N) is 1. The molecular formula is C11H20N2O. The number of furan rings is 1. The third kappa shape index (κ3) is 2.86. The number of nitrogens with zero attached hydrogens (tertiary/aromatic N) is 1. The van der Waals surface area contributed by atoms with E-state index in [0.29, 0.717) is 6.04 Å². The Hall–Kier alpha value is -0.800. The summed E-state index contributed by atoms with van der Waals surface area (Å²) in [6.07, 6.45) is 2.82. The molecule has 0 fully saturated rings. The molecular weight excluding hydrogens is 176 g/mol. The van der Waals surface area contributed by atoms with E-state index >= 15 is 0 Å². The molecule has 0 aliphatic heterocycles. The molecule has 80 valence electrons. The van der Waals surface area contributed by atoms with Gasteiger partial charge in [0.05, 0.1) is 12.3 Å². The van der Waals surface area contributed by atoms with Gasteiger partial charge in [0.15, 0.2) is 0 Å². The summed E-state index contributed by atoms with van der Waals surface area (Å²) < 4.78 is 5.43. The van der Waals surface area contributed by atoms with Crippen molar-refractivity contribution in [3.8, 4) is 0 Å². The van der Waals surface area contributed by atoms with Gasteiger partial charge in [-0.25, -0.2) is 0 Å². The number of hydrogen-bond acceptors (Lipinski definition) is 3. The largest absolute Gasteiger partial charge is 0.468 e. The third-order valence-corrected chi connectivity index (χ3v) is 2.50. The van der Waals surface area contributed by atoms with Crippen LogP contribution < -0.4 is 5.32 Å². The molecule has 0 amide bonds. The lowest BCUT2D eigenvalue weighted by atomic mass is 10.1. The Morgan fingerprint density at radius 1 is 1.57 bits per heavy atom. The van der Waals surface area contributed by atoms with Gasteiger partial charge in [0.25, 0.3) is 0 Å². The lowest BCUT2D eigenvalue weighted by Crippen LogP contribution is -2.30. The molecule has 1 unspecified atom stereocenters. The standard InChI is InChI=1S/C11H20N2O/c1-4-10(11-6-5-9-14-11)13(3)8-7-12-2/h5-6,9-10,12H,4,7-8H2,1-3H3. The van der Waals surface area contributed by atoms with Gasteiger partial charge >= 0.3 is 0 Å². The van der Waals surface area contributed by atoms with Crippen LogP contribution in [0.15, 0.2) is 22.8 Å². The first-order valence-electron chi connectivity index (χ1n) is 5.17. The van der Waals surface area contributed by atoms with Crippen LogP contribution in [-0.4, -0.2) is 32.1 Å². The Morgan fingerprint density at radius 2 is 2.36 bits per heavy atom. The van der Waals surface area contributed by atoms with E-state index in [9.17, 15) is 0 Å². The van der Waals surface area contributed by atoms with Gasteiger partial charge in [-0.3, -0.25) is 4.90 Å². The number of hydrogen-bond donors (Lipinski definition) is 1. The molecule has 1 atom stereocenters. The molecule has 0 radical (unpaired) electrons. The van der Waals surface area contributed by atoms with E-state index in [-0.39, 0.29) is 0 Å². The van der Waals surface area contributed by atoms with Crippen molar-refractivity contribution in [2.45, 2.75) is 19.4 Å². The fourth-order valence-electron chi connectivity index (χ4n) is 1.65. The van der Waals surface area contributed by atoms with Gasteiger partial charge in [-0.2, -0.15) is 0 Å². The van der Waals surface area contributed by atoms with Gasteiger partial charge in [0.1, 0.15) is 5.76 Å². The maximum Gasteiger partial charge on any atom is 0.120 e. The van der Waals surface area contributed by atoms with Crippen molar-refractivity contribution in [2.24, 2.45) is 0 Å². The molecule has 3 heteroatoms. The van der Waals surface area contributed by atoms with Gasteiger partial charge in [0.2, 0.25) is 0 Å². The van der Waals surface area contributed by atoms with E-state index in [1.165, 1.54) is 0 Å². The van der Waals surface area contributed by atoms with Crippen LogP contribution in [-0.2, 0) is 0 Å². The summed E-state index contributed by atoms with van der Waals surface area (Å²) in [6, 6.07) is 4.40. The van der Waals surface area contributed by atoms with E-state index in [0.717, 1.165) is 25.3 Å². The highest BCUT2D eigenvalue weighted by Crippen LogP contribution is 2.22. The lowest BCUT2D eigenvalue weighted by Gasteiger charge is -2.25. The Morgan fingerprint density at radius 3 is 2.86 bits per heavy atom. The fraction of sp³-hybridized carbons (Fsp3) is 0.636. The lowest BCUT2D eigenvalue weighted by molar-refractivity contribution is 0.211. The second-order valence-electron chi connectivity index (χ2n) is 3.52. The number of rotatable bonds is 6. The summed E-state index contributed by atoms with van der Waals surface area (Å²) in [5, 5.41) is 3.15. The Kier molecular flexibility index (Phi) is 4.70. The minimum Gasteiger partial charge on any atom is -0.468 e. The van der Waals surface area contributed by atoms with Crippen molar-refractivity contribution in [1.29, 1.82) is 0 Å². The van der Waals surface area contributed by atoms with Crippen molar-refractivity contribution in [2.75, 3.05) is 27.2 Å². The summed E-state index contributed by atoms with van der Waals surface area (Å²) in [6.45, 7) is 4.23. The van der Waals surface area contributed by atoms with Crippen LogP contribution in [0, 0.1) is 0 Å². The molecule has 0 bridgehead atoms. The smallest absolute Gasteiger partial charge is 0.120 e. The van der Waals surface area contributed by atoms with Crippen LogP contribution in [0.4, 0.5) is 0 Å². The molecule has 0 aliphatic carbocycles. The van der Waals surface area contributed by atoms with Gasteiger partial charge in [-0.1, -0.05) is 6.92 Å². The first-order valence-corrected chi connectivity index (χ1v) is 5.17. The topological polar surface area (TPSA) is 28.4 Å². The molecule has 14 heavy (non-hydrogen) atoms. The maximum absolute atomic E-state index is 5.43. The summed E-state index contributed by atoms with van der Waals surface area (Å²) >= 11 is 0. The molecule has 3 nitrogen and oxygen atoms in total. The molecule has 1 aromatic rings. The second kappa shape index (κ2) is 5.83. The molecule has 0 aromatic carbocycles. The summed E-state index contributed by atoms with van der Waals surface area (Å²) in [4.78, 5) is 2.31. The first kappa shape index (κ1) is 11.3. The molecule has 1 N–H and O–H groups in total. The predicted molar refractivity (Wildman–Crippen MR) is 58.3 cm³/mol. The predicted octanol–water partition coefficient (Wildman–Crippen LogP) is 1.88. The van der Waals surface area contributed by atoms with Crippen LogP contribution in [0.5, 0.6) is 0 Å². The van der Waals surface area contributed by atoms with Crippen molar-refractivity contribution in [3.05, 3.63) is 24.2 Å². The van der Waals surface area contributed by atoms with Crippen LogP contribution in [0.2, 0.25) is 0 Å². The van der Waals surface area contributed by atoms with Gasteiger partial charge < -0.3 is 9.73 Å². The fourth-order valence-corrected chi connectivity index (χ4v) is 1.65. The molecule has 0 aliphatic rings. The number of likely N-dealkylation sites (N-methyl/N-ethyl adjacent to an activating group) is 2. The molecule has 0 saturated heterocycles. The highest BCUT2D eigenvalue weighted by atomic mass is 16.3. The minimum atomic E-state index is 0.401. The van der Waals surface area contributed by atoms with E-state index in [1.807, 2.05) is 19.2 Å². The average molecular weight is 196 g/mol. The highest BCUT2D eigenvalue weighted by molar-refractivity contribution is 5.04. The van der Waals surface area contributed by atoms with E-state index in [4.69, 9.17) is 4.42 Å². The third-order valence-electron chi connectivity index (χ3n) is 2.50. The zero-order valence-electron chi connectivity index (χ0n) is 9.29. The van der Waals surface area contributed by atoms with Crippen LogP contribution >= 0.6 is 0 Å².